The summed E-state index contributed by atoms with van der Waals surface area (Å²) in [5.74, 6) is 0.682. The molecular weight excluding hydrogens is 466 g/mol. The molecule has 5 aromatic rings. The zero-order valence-corrected chi connectivity index (χ0v) is 20.4. The number of nitrogens with one attached hydrogen (secondary N) is 2. The van der Waals surface area contributed by atoms with E-state index in [0.29, 0.717) is 35.1 Å². The highest BCUT2D eigenvalue weighted by molar-refractivity contribution is 5.95. The number of hydrogen-bond donors (Lipinski definition) is 3. The second-order valence-corrected chi connectivity index (χ2v) is 8.67. The van der Waals surface area contributed by atoms with Gasteiger partial charge in [0.25, 0.3) is 5.91 Å². The quantitative estimate of drug-likeness (QED) is 0.326. The maximum Gasteiger partial charge on any atom is 0.251 e. The number of pyridine rings is 2. The smallest absolute Gasteiger partial charge is 0.251 e. The zero-order valence-electron chi connectivity index (χ0n) is 20.4. The summed E-state index contributed by atoms with van der Waals surface area (Å²) >= 11 is 0. The first-order valence-corrected chi connectivity index (χ1v) is 11.7. The van der Waals surface area contributed by atoms with E-state index in [1.54, 1.807) is 30.5 Å². The standard InChI is InChI=1S/C28H25N7O2/c1-17-14-24-27(31-15-17)35(26(34-24)23-4-3-13-30-25(23)29)22-11-5-19(6-12-22)16-32-28(37)20-7-9-21(10-8-20)33-18(2)36/h3-15H,16H2,1-2H3,(H2,29,30)(H,32,37)(H,33,36). The van der Waals surface area contributed by atoms with Gasteiger partial charge in [0, 0.05) is 42.8 Å². The molecule has 4 N–H and O–H groups in total. The first kappa shape index (κ1) is 23.7. The molecule has 9 heteroatoms. The van der Waals surface area contributed by atoms with Crippen LogP contribution in [0.4, 0.5) is 11.5 Å². The molecule has 0 aliphatic rings. The van der Waals surface area contributed by atoms with Crippen LogP contribution in [0.1, 0.15) is 28.4 Å². The van der Waals surface area contributed by atoms with Crippen LogP contribution in [0.15, 0.2) is 79.1 Å². The van der Waals surface area contributed by atoms with E-state index in [0.717, 1.165) is 27.9 Å². The van der Waals surface area contributed by atoms with E-state index in [4.69, 9.17) is 10.7 Å². The normalized spacial score (nSPS) is 10.9. The maximum atomic E-state index is 12.6. The molecule has 0 saturated heterocycles. The van der Waals surface area contributed by atoms with Gasteiger partial charge in [0.1, 0.15) is 11.3 Å². The Morgan fingerprint density at radius 1 is 1.00 bits per heavy atom. The van der Waals surface area contributed by atoms with Crippen molar-refractivity contribution in [2.75, 3.05) is 11.1 Å². The highest BCUT2D eigenvalue weighted by Gasteiger charge is 2.18. The number of hydrogen-bond acceptors (Lipinski definition) is 6. The fraction of sp³-hybridized carbons (Fsp3) is 0.107. The number of carbonyl (C=O) groups excluding carboxylic acids is 2. The largest absolute Gasteiger partial charge is 0.383 e. The summed E-state index contributed by atoms with van der Waals surface area (Å²) in [5, 5.41) is 5.61. The van der Waals surface area contributed by atoms with Crippen molar-refractivity contribution in [3.63, 3.8) is 0 Å². The van der Waals surface area contributed by atoms with Gasteiger partial charge in [0.2, 0.25) is 5.91 Å². The number of carbonyl (C=O) groups is 2. The van der Waals surface area contributed by atoms with Crippen LogP contribution in [-0.2, 0) is 11.3 Å². The van der Waals surface area contributed by atoms with Crippen LogP contribution in [0.3, 0.4) is 0 Å². The second kappa shape index (κ2) is 9.90. The minimum atomic E-state index is -0.201. The predicted octanol–water partition coefficient (Wildman–Crippen LogP) is 4.26. The molecular formula is C28H25N7O2. The molecule has 3 heterocycles. The number of aromatic nitrogens is 4. The van der Waals surface area contributed by atoms with Crippen molar-refractivity contribution in [3.05, 3.63) is 95.8 Å². The number of aryl methyl sites for hydroxylation is 1. The molecule has 0 spiro atoms. The van der Waals surface area contributed by atoms with Crippen molar-refractivity contribution in [2.24, 2.45) is 0 Å². The number of nitrogens with zero attached hydrogens (tertiary/aromatic N) is 4. The lowest BCUT2D eigenvalue weighted by molar-refractivity contribution is -0.114. The predicted molar refractivity (Wildman–Crippen MR) is 143 cm³/mol. The van der Waals surface area contributed by atoms with Crippen LogP contribution in [-0.4, -0.2) is 31.3 Å². The van der Waals surface area contributed by atoms with Gasteiger partial charge < -0.3 is 16.4 Å². The molecule has 0 unspecified atom stereocenters. The van der Waals surface area contributed by atoms with Gasteiger partial charge in [0.05, 0.1) is 5.56 Å². The van der Waals surface area contributed by atoms with Gasteiger partial charge in [-0.05, 0) is 72.6 Å². The molecule has 0 aliphatic carbocycles. The maximum absolute atomic E-state index is 12.6. The van der Waals surface area contributed by atoms with Crippen LogP contribution >= 0.6 is 0 Å². The lowest BCUT2D eigenvalue weighted by Crippen LogP contribution is -2.22. The average Bonchev–Trinajstić information content (AvgIpc) is 3.26. The zero-order chi connectivity index (χ0) is 25.9. The van der Waals surface area contributed by atoms with Gasteiger partial charge >= 0.3 is 0 Å². The van der Waals surface area contributed by atoms with E-state index in [9.17, 15) is 9.59 Å². The van der Waals surface area contributed by atoms with Crippen LogP contribution in [0.2, 0.25) is 0 Å². The molecule has 2 aromatic carbocycles. The van der Waals surface area contributed by atoms with E-state index < -0.39 is 0 Å². The van der Waals surface area contributed by atoms with E-state index in [1.165, 1.54) is 6.92 Å². The second-order valence-electron chi connectivity index (χ2n) is 8.67. The van der Waals surface area contributed by atoms with Crippen molar-refractivity contribution in [3.8, 4) is 17.1 Å². The number of nitrogens with two attached hydrogens (primary N) is 1. The Balaban J connectivity index is 1.38. The molecule has 37 heavy (non-hydrogen) atoms. The Hall–Kier alpha value is -5.05. The Bertz CT molecular complexity index is 1610. The highest BCUT2D eigenvalue weighted by Crippen LogP contribution is 2.30. The molecule has 0 saturated carbocycles. The summed E-state index contributed by atoms with van der Waals surface area (Å²) in [5.41, 5.74) is 12.3. The van der Waals surface area contributed by atoms with Crippen molar-refractivity contribution >= 4 is 34.5 Å². The Morgan fingerprint density at radius 2 is 1.76 bits per heavy atom. The van der Waals surface area contributed by atoms with E-state index in [2.05, 4.69) is 20.6 Å². The van der Waals surface area contributed by atoms with Crippen LogP contribution in [0.25, 0.3) is 28.2 Å². The molecule has 0 atom stereocenters. The molecule has 0 radical (unpaired) electrons. The average molecular weight is 492 g/mol. The lowest BCUT2D eigenvalue weighted by atomic mass is 10.1. The fourth-order valence-corrected chi connectivity index (χ4v) is 4.05. The molecule has 0 aliphatic heterocycles. The molecule has 9 nitrogen and oxygen atoms in total. The van der Waals surface area contributed by atoms with Crippen molar-refractivity contribution in [1.29, 1.82) is 0 Å². The van der Waals surface area contributed by atoms with Crippen molar-refractivity contribution in [1.82, 2.24) is 24.8 Å². The number of nitrogen functional groups attached to an aromatic ring is 1. The van der Waals surface area contributed by atoms with Gasteiger partial charge in [-0.2, -0.15) is 0 Å². The van der Waals surface area contributed by atoms with E-state index >= 15 is 0 Å². The van der Waals surface area contributed by atoms with Crippen molar-refractivity contribution in [2.45, 2.75) is 20.4 Å². The lowest BCUT2D eigenvalue weighted by Gasteiger charge is -2.11. The topological polar surface area (TPSA) is 128 Å². The van der Waals surface area contributed by atoms with Gasteiger partial charge in [-0.25, -0.2) is 15.0 Å². The summed E-state index contributed by atoms with van der Waals surface area (Å²) in [6.45, 7) is 3.77. The number of rotatable bonds is 6. The third-order valence-electron chi connectivity index (χ3n) is 5.83. The monoisotopic (exact) mass is 491 g/mol. The van der Waals surface area contributed by atoms with Gasteiger partial charge in [0.15, 0.2) is 11.5 Å². The van der Waals surface area contributed by atoms with Crippen LogP contribution in [0.5, 0.6) is 0 Å². The summed E-state index contributed by atoms with van der Waals surface area (Å²) in [7, 11) is 0. The number of imidazole rings is 1. The van der Waals surface area contributed by atoms with Gasteiger partial charge in [-0.3, -0.25) is 14.2 Å². The molecule has 0 fully saturated rings. The minimum absolute atomic E-state index is 0.161. The first-order valence-electron chi connectivity index (χ1n) is 11.7. The highest BCUT2D eigenvalue weighted by atomic mass is 16.2. The Labute approximate surface area is 213 Å². The van der Waals surface area contributed by atoms with Crippen molar-refractivity contribution < 1.29 is 9.59 Å². The minimum Gasteiger partial charge on any atom is -0.383 e. The third-order valence-corrected chi connectivity index (χ3v) is 5.83. The van der Waals surface area contributed by atoms with Gasteiger partial charge in [-0.15, -0.1) is 0 Å². The summed E-state index contributed by atoms with van der Waals surface area (Å²) in [4.78, 5) is 37.4. The van der Waals surface area contributed by atoms with E-state index in [1.807, 2.05) is 60.2 Å². The number of anilines is 2. The van der Waals surface area contributed by atoms with Crippen LogP contribution in [0, 0.1) is 6.92 Å². The number of fused-ring (bicyclic) bond motifs is 1. The molecule has 2 amide bonds. The van der Waals surface area contributed by atoms with Crippen LogP contribution < -0.4 is 16.4 Å². The Kier molecular flexibility index (Phi) is 6.34. The number of benzene rings is 2. The SMILES string of the molecule is CC(=O)Nc1ccc(C(=O)NCc2ccc(-n3c(-c4cccnc4N)nc4cc(C)cnc43)cc2)cc1. The van der Waals surface area contributed by atoms with E-state index in [-0.39, 0.29) is 11.8 Å². The summed E-state index contributed by atoms with van der Waals surface area (Å²) < 4.78 is 1.96. The third kappa shape index (κ3) is 5.01. The van der Waals surface area contributed by atoms with Gasteiger partial charge in [-0.1, -0.05) is 12.1 Å². The fourth-order valence-electron chi connectivity index (χ4n) is 4.05. The summed E-state index contributed by atoms with van der Waals surface area (Å²) in [6.07, 6.45) is 3.46. The number of amides is 2. The molecule has 3 aromatic heterocycles. The summed E-state index contributed by atoms with van der Waals surface area (Å²) in [6, 6.07) is 20.3. The Morgan fingerprint density at radius 3 is 2.46 bits per heavy atom. The molecule has 184 valence electrons. The molecule has 0 bridgehead atoms. The first-order chi connectivity index (χ1) is 17.9. The molecule has 5 rings (SSSR count).